The number of benzene rings is 1. The molecule has 0 unspecified atom stereocenters. The van der Waals surface area contributed by atoms with Gasteiger partial charge in [0, 0.05) is 10.7 Å². The third kappa shape index (κ3) is 4.51. The summed E-state index contributed by atoms with van der Waals surface area (Å²) in [6, 6.07) is 7.11. The average molecular weight is 343 g/mol. The molecular formula is C16H23BrO3. The van der Waals surface area contributed by atoms with Crippen molar-refractivity contribution >= 4 is 21.9 Å². The monoisotopic (exact) mass is 342 g/mol. The lowest BCUT2D eigenvalue weighted by Gasteiger charge is -2.29. The Labute approximate surface area is 129 Å². The molecule has 0 aliphatic heterocycles. The van der Waals surface area contributed by atoms with Gasteiger partial charge in [0.1, 0.15) is 5.75 Å². The molecule has 1 aromatic carbocycles. The first-order valence-electron chi connectivity index (χ1n) is 7.06. The maximum absolute atomic E-state index is 11.5. The van der Waals surface area contributed by atoms with Gasteiger partial charge in [0.05, 0.1) is 18.8 Å². The fraction of sp³-hybridized carbons (Fsp3) is 0.562. The number of carbonyl (C=O) groups excluding carboxylic acids is 1. The van der Waals surface area contributed by atoms with Crippen molar-refractivity contribution in [2.24, 2.45) is 5.41 Å². The van der Waals surface area contributed by atoms with Crippen LogP contribution in [0.3, 0.4) is 0 Å². The van der Waals surface area contributed by atoms with Gasteiger partial charge in [0.15, 0.2) is 0 Å². The van der Waals surface area contributed by atoms with Crippen LogP contribution >= 0.6 is 15.9 Å². The van der Waals surface area contributed by atoms with Crippen molar-refractivity contribution in [3.63, 3.8) is 0 Å². The lowest BCUT2D eigenvalue weighted by atomic mass is 9.86. The van der Waals surface area contributed by atoms with Gasteiger partial charge in [-0.15, -0.1) is 0 Å². The second kappa shape index (κ2) is 8.30. The molecular weight excluding hydrogens is 320 g/mol. The van der Waals surface area contributed by atoms with Gasteiger partial charge in [-0.3, -0.25) is 0 Å². The Morgan fingerprint density at radius 1 is 1.15 bits per heavy atom. The molecule has 0 aliphatic rings. The van der Waals surface area contributed by atoms with E-state index in [-0.39, 0.29) is 11.4 Å². The summed E-state index contributed by atoms with van der Waals surface area (Å²) >= 11 is 3.57. The molecule has 0 saturated heterocycles. The Kier molecular flexibility index (Phi) is 7.06. The minimum Gasteiger partial charge on any atom is -0.493 e. The van der Waals surface area contributed by atoms with Crippen LogP contribution in [0.15, 0.2) is 24.3 Å². The summed E-state index contributed by atoms with van der Waals surface area (Å²) in [6.45, 7) is 7.21. The number of carbonyl (C=O) groups is 1. The van der Waals surface area contributed by atoms with E-state index in [0.29, 0.717) is 18.8 Å². The van der Waals surface area contributed by atoms with E-state index in [1.54, 1.807) is 19.1 Å². The zero-order valence-electron chi connectivity index (χ0n) is 12.4. The molecule has 0 aromatic heterocycles. The van der Waals surface area contributed by atoms with E-state index < -0.39 is 0 Å². The quantitative estimate of drug-likeness (QED) is 0.517. The molecule has 0 aliphatic carbocycles. The summed E-state index contributed by atoms with van der Waals surface area (Å²) in [6.07, 6.45) is 2.13. The smallest absolute Gasteiger partial charge is 0.338 e. The molecule has 20 heavy (non-hydrogen) atoms. The number of ether oxygens (including phenoxy) is 2. The van der Waals surface area contributed by atoms with Gasteiger partial charge in [-0.1, -0.05) is 29.8 Å². The van der Waals surface area contributed by atoms with E-state index in [1.165, 1.54) is 0 Å². The maximum Gasteiger partial charge on any atom is 0.338 e. The Hall–Kier alpha value is -1.03. The van der Waals surface area contributed by atoms with Crippen LogP contribution in [0.25, 0.3) is 0 Å². The molecule has 0 radical (unpaired) electrons. The van der Waals surface area contributed by atoms with Gasteiger partial charge in [0.25, 0.3) is 0 Å². The lowest BCUT2D eigenvalue weighted by Crippen LogP contribution is -2.29. The van der Waals surface area contributed by atoms with Crippen molar-refractivity contribution in [1.29, 1.82) is 0 Å². The van der Waals surface area contributed by atoms with Crippen LogP contribution in [0, 0.1) is 5.41 Å². The van der Waals surface area contributed by atoms with Gasteiger partial charge in [0.2, 0.25) is 0 Å². The number of rotatable bonds is 8. The van der Waals surface area contributed by atoms with Crippen molar-refractivity contribution in [1.82, 2.24) is 0 Å². The largest absolute Gasteiger partial charge is 0.493 e. The first-order valence-corrected chi connectivity index (χ1v) is 8.19. The topological polar surface area (TPSA) is 35.5 Å². The van der Waals surface area contributed by atoms with E-state index in [2.05, 4.69) is 29.8 Å². The molecule has 0 heterocycles. The highest BCUT2D eigenvalue weighted by atomic mass is 79.9. The van der Waals surface area contributed by atoms with E-state index in [0.717, 1.165) is 23.9 Å². The number of alkyl halides is 1. The van der Waals surface area contributed by atoms with Crippen LogP contribution < -0.4 is 4.74 Å². The second-order valence-corrected chi connectivity index (χ2v) is 5.43. The Morgan fingerprint density at radius 3 is 2.20 bits per heavy atom. The molecule has 3 nitrogen and oxygen atoms in total. The van der Waals surface area contributed by atoms with Gasteiger partial charge in [-0.25, -0.2) is 4.79 Å². The SMILES string of the molecule is CCOC(=O)c1ccc(OCC(CC)(CC)CBr)cc1. The number of hydrogen-bond donors (Lipinski definition) is 0. The Balaban J connectivity index is 2.64. The Bertz CT molecular complexity index is 402. The van der Waals surface area contributed by atoms with E-state index >= 15 is 0 Å². The van der Waals surface area contributed by atoms with E-state index in [9.17, 15) is 4.79 Å². The molecule has 0 bridgehead atoms. The van der Waals surface area contributed by atoms with E-state index in [4.69, 9.17) is 9.47 Å². The van der Waals surface area contributed by atoms with Crippen molar-refractivity contribution in [2.45, 2.75) is 33.6 Å². The molecule has 1 rings (SSSR count). The third-order valence-electron chi connectivity index (χ3n) is 3.69. The summed E-state index contributed by atoms with van der Waals surface area (Å²) in [4.78, 5) is 11.5. The molecule has 0 atom stereocenters. The van der Waals surface area contributed by atoms with Crippen LogP contribution in [0.1, 0.15) is 44.0 Å². The zero-order chi connectivity index (χ0) is 15.0. The minimum absolute atomic E-state index is 0.166. The molecule has 1 aromatic rings. The number of halogens is 1. The Morgan fingerprint density at radius 2 is 1.75 bits per heavy atom. The van der Waals surface area contributed by atoms with Gasteiger partial charge >= 0.3 is 5.97 Å². The van der Waals surface area contributed by atoms with Crippen LogP contribution in [0.4, 0.5) is 0 Å². The predicted molar refractivity (Wildman–Crippen MR) is 84.7 cm³/mol. The molecule has 0 spiro atoms. The predicted octanol–water partition coefficient (Wildman–Crippen LogP) is 4.44. The first-order chi connectivity index (χ1) is 9.60. The van der Waals surface area contributed by atoms with Gasteiger partial charge in [-0.05, 0) is 44.0 Å². The van der Waals surface area contributed by atoms with Crippen LogP contribution in [0.5, 0.6) is 5.75 Å². The second-order valence-electron chi connectivity index (χ2n) is 4.87. The van der Waals surface area contributed by atoms with Crippen molar-refractivity contribution in [2.75, 3.05) is 18.5 Å². The van der Waals surface area contributed by atoms with Gasteiger partial charge in [-0.2, -0.15) is 0 Å². The van der Waals surface area contributed by atoms with Crippen molar-refractivity contribution < 1.29 is 14.3 Å². The summed E-state index contributed by atoms with van der Waals surface area (Å²) < 4.78 is 10.8. The summed E-state index contributed by atoms with van der Waals surface area (Å²) in [7, 11) is 0. The third-order valence-corrected chi connectivity index (χ3v) is 4.88. The molecule has 112 valence electrons. The average Bonchev–Trinajstić information content (AvgIpc) is 2.50. The molecule has 0 fully saturated rings. The van der Waals surface area contributed by atoms with Crippen molar-refractivity contribution in [3.05, 3.63) is 29.8 Å². The van der Waals surface area contributed by atoms with Crippen LogP contribution in [-0.2, 0) is 4.74 Å². The maximum atomic E-state index is 11.5. The summed E-state index contributed by atoms with van der Waals surface area (Å²) in [5.74, 6) is 0.487. The normalized spacial score (nSPS) is 11.2. The number of esters is 1. The molecule has 0 saturated carbocycles. The van der Waals surface area contributed by atoms with Crippen LogP contribution in [0.2, 0.25) is 0 Å². The minimum atomic E-state index is -0.295. The highest BCUT2D eigenvalue weighted by Gasteiger charge is 2.25. The number of hydrogen-bond acceptors (Lipinski definition) is 3. The van der Waals surface area contributed by atoms with Crippen LogP contribution in [-0.4, -0.2) is 24.5 Å². The summed E-state index contributed by atoms with van der Waals surface area (Å²) in [5.41, 5.74) is 0.719. The van der Waals surface area contributed by atoms with Crippen molar-refractivity contribution in [3.8, 4) is 5.75 Å². The summed E-state index contributed by atoms with van der Waals surface area (Å²) in [5, 5.41) is 0.925. The fourth-order valence-electron chi connectivity index (χ4n) is 1.82. The standard InChI is InChI=1S/C16H23BrO3/c1-4-16(5-2,11-17)12-20-14-9-7-13(8-10-14)15(18)19-6-3/h7-10H,4-6,11-12H2,1-3H3. The molecule has 0 amide bonds. The lowest BCUT2D eigenvalue weighted by molar-refractivity contribution is 0.0526. The first kappa shape index (κ1) is 17.0. The highest BCUT2D eigenvalue weighted by Crippen LogP contribution is 2.29. The highest BCUT2D eigenvalue weighted by molar-refractivity contribution is 9.09. The zero-order valence-corrected chi connectivity index (χ0v) is 14.0. The molecule has 0 N–H and O–H groups in total. The van der Waals surface area contributed by atoms with E-state index in [1.807, 2.05) is 12.1 Å². The van der Waals surface area contributed by atoms with Gasteiger partial charge < -0.3 is 9.47 Å². The fourth-order valence-corrected chi connectivity index (χ4v) is 2.77. The molecule has 4 heteroatoms.